The number of ether oxygens (including phenoxy) is 2. The third-order valence-electron chi connectivity index (χ3n) is 5.88. The smallest absolute Gasteiger partial charge is 0.416 e. The van der Waals surface area contributed by atoms with Crippen LogP contribution in [-0.2, 0) is 35.2 Å². The molecule has 0 spiro atoms. The maximum absolute atomic E-state index is 13.6. The molecule has 6 nitrogen and oxygen atoms in total. The number of nitrogens with one attached hydrogen (secondary N) is 1. The molecule has 0 fully saturated rings. The molecule has 3 aromatic rings. The molecule has 0 saturated carbocycles. The van der Waals surface area contributed by atoms with Gasteiger partial charge in [-0.05, 0) is 53.4 Å². The molecule has 0 unspecified atom stereocenters. The normalized spacial score (nSPS) is 11.1. The van der Waals surface area contributed by atoms with Crippen molar-refractivity contribution in [3.8, 4) is 16.9 Å². The molecular formula is C28H29F3N2O4. The molecular weight excluding hydrogens is 485 g/mol. The number of carbonyl (C=O) groups is 2. The summed E-state index contributed by atoms with van der Waals surface area (Å²) in [4.78, 5) is 26.2. The van der Waals surface area contributed by atoms with Gasteiger partial charge < -0.3 is 19.7 Å². The molecule has 2 amide bonds. The fourth-order valence-corrected chi connectivity index (χ4v) is 3.90. The molecule has 37 heavy (non-hydrogen) atoms. The van der Waals surface area contributed by atoms with E-state index < -0.39 is 23.7 Å². The number of hydrogen-bond acceptors (Lipinski definition) is 4. The summed E-state index contributed by atoms with van der Waals surface area (Å²) in [5.41, 5.74) is 1.95. The Morgan fingerprint density at radius 2 is 1.65 bits per heavy atom. The van der Waals surface area contributed by atoms with Crippen LogP contribution in [-0.4, -0.2) is 37.7 Å². The van der Waals surface area contributed by atoms with Gasteiger partial charge in [-0.2, -0.15) is 13.2 Å². The molecule has 0 aliphatic heterocycles. The lowest BCUT2D eigenvalue weighted by Crippen LogP contribution is -2.39. The van der Waals surface area contributed by atoms with Crippen LogP contribution in [0.1, 0.15) is 29.2 Å². The predicted octanol–water partition coefficient (Wildman–Crippen LogP) is 5.83. The second-order valence-corrected chi connectivity index (χ2v) is 8.32. The number of halogens is 3. The average Bonchev–Trinajstić information content (AvgIpc) is 2.90. The van der Waals surface area contributed by atoms with Crippen LogP contribution in [0.3, 0.4) is 0 Å². The number of amides is 2. The van der Waals surface area contributed by atoms with Crippen molar-refractivity contribution in [1.29, 1.82) is 0 Å². The van der Waals surface area contributed by atoms with Crippen LogP contribution in [0.2, 0.25) is 0 Å². The first-order valence-corrected chi connectivity index (χ1v) is 11.7. The Labute approximate surface area is 214 Å². The average molecular weight is 515 g/mol. The zero-order chi connectivity index (χ0) is 27.0. The summed E-state index contributed by atoms with van der Waals surface area (Å²) in [6, 6.07) is 17.4. The highest BCUT2D eigenvalue weighted by Crippen LogP contribution is 2.38. The van der Waals surface area contributed by atoms with E-state index in [4.69, 9.17) is 9.47 Å². The lowest BCUT2D eigenvalue weighted by molar-refractivity contribution is -0.140. The number of nitrogens with zero attached hydrogens (tertiary/aromatic N) is 1. The fraction of sp³-hybridized carbons (Fsp3) is 0.286. The molecule has 0 aromatic heterocycles. The van der Waals surface area contributed by atoms with E-state index in [2.05, 4.69) is 5.32 Å². The van der Waals surface area contributed by atoms with Crippen LogP contribution >= 0.6 is 0 Å². The quantitative estimate of drug-likeness (QED) is 0.365. The van der Waals surface area contributed by atoms with Gasteiger partial charge in [0.1, 0.15) is 5.75 Å². The Balaban J connectivity index is 1.99. The molecule has 0 heterocycles. The lowest BCUT2D eigenvalue weighted by atomic mass is 9.94. The third-order valence-corrected chi connectivity index (χ3v) is 5.88. The number of alkyl halides is 3. The van der Waals surface area contributed by atoms with Gasteiger partial charge >= 0.3 is 18.2 Å². The van der Waals surface area contributed by atoms with Gasteiger partial charge in [0, 0.05) is 25.2 Å². The van der Waals surface area contributed by atoms with Gasteiger partial charge in [-0.3, -0.25) is 4.79 Å². The monoisotopic (exact) mass is 514 g/mol. The molecule has 1 N–H and O–H groups in total. The van der Waals surface area contributed by atoms with E-state index in [0.29, 0.717) is 28.0 Å². The van der Waals surface area contributed by atoms with E-state index in [1.54, 1.807) is 25.1 Å². The van der Waals surface area contributed by atoms with Gasteiger partial charge in [0.15, 0.2) is 0 Å². The van der Waals surface area contributed by atoms with Crippen molar-refractivity contribution in [1.82, 2.24) is 10.2 Å². The summed E-state index contributed by atoms with van der Waals surface area (Å²) >= 11 is 0. The van der Waals surface area contributed by atoms with E-state index in [-0.39, 0.29) is 26.1 Å². The Morgan fingerprint density at radius 1 is 0.919 bits per heavy atom. The topological polar surface area (TPSA) is 67.9 Å². The Bertz CT molecular complexity index is 1230. The zero-order valence-electron chi connectivity index (χ0n) is 20.9. The molecule has 0 bridgehead atoms. The highest BCUT2D eigenvalue weighted by molar-refractivity contribution is 5.79. The summed E-state index contributed by atoms with van der Waals surface area (Å²) in [6.07, 6.45) is -4.57. The van der Waals surface area contributed by atoms with Crippen LogP contribution in [0.5, 0.6) is 5.75 Å². The first-order valence-electron chi connectivity index (χ1n) is 11.7. The van der Waals surface area contributed by atoms with E-state index in [0.717, 1.165) is 17.7 Å². The Hall–Kier alpha value is -4.01. The molecule has 0 aliphatic rings. The van der Waals surface area contributed by atoms with Crippen molar-refractivity contribution in [2.45, 2.75) is 32.6 Å². The van der Waals surface area contributed by atoms with Gasteiger partial charge in [-0.15, -0.1) is 0 Å². The molecule has 0 atom stereocenters. The number of carbonyl (C=O) groups excluding carboxylic acids is 2. The highest BCUT2D eigenvalue weighted by atomic mass is 19.4. The first kappa shape index (κ1) is 27.6. The van der Waals surface area contributed by atoms with Crippen molar-refractivity contribution < 1.29 is 32.2 Å². The molecule has 196 valence electrons. The minimum atomic E-state index is -4.56. The van der Waals surface area contributed by atoms with Crippen molar-refractivity contribution in [3.05, 3.63) is 89.0 Å². The Morgan fingerprint density at radius 3 is 2.27 bits per heavy atom. The molecule has 0 aliphatic carbocycles. The highest BCUT2D eigenvalue weighted by Gasteiger charge is 2.31. The standard InChI is InChI=1S/C28H29F3N2O4/c1-4-33(27(35)32-17-19-8-6-5-7-9-19)18-21-16-22(28(29,30)31)11-12-23(21)24-14-20(15-26(34)37-3)10-13-25(24)36-2/h5-14,16H,4,15,17-18H2,1-3H3,(H,32,35). The number of benzene rings is 3. The van der Waals surface area contributed by atoms with Gasteiger partial charge in [-0.25, -0.2) is 4.79 Å². The molecule has 0 saturated heterocycles. The summed E-state index contributed by atoms with van der Waals surface area (Å²) < 4.78 is 51.0. The van der Waals surface area contributed by atoms with Crippen LogP contribution in [0.15, 0.2) is 66.7 Å². The van der Waals surface area contributed by atoms with E-state index in [1.807, 2.05) is 30.3 Å². The van der Waals surface area contributed by atoms with Crippen molar-refractivity contribution in [2.75, 3.05) is 20.8 Å². The van der Waals surface area contributed by atoms with Crippen LogP contribution in [0.4, 0.5) is 18.0 Å². The lowest BCUT2D eigenvalue weighted by Gasteiger charge is -2.24. The van der Waals surface area contributed by atoms with Crippen LogP contribution in [0, 0.1) is 0 Å². The number of methoxy groups -OCH3 is 2. The number of rotatable bonds is 9. The van der Waals surface area contributed by atoms with Crippen molar-refractivity contribution >= 4 is 12.0 Å². The minimum Gasteiger partial charge on any atom is -0.496 e. The zero-order valence-corrected chi connectivity index (χ0v) is 20.9. The van der Waals surface area contributed by atoms with Crippen LogP contribution in [0.25, 0.3) is 11.1 Å². The van der Waals surface area contributed by atoms with E-state index in [9.17, 15) is 22.8 Å². The minimum absolute atomic E-state index is 0.00750. The maximum atomic E-state index is 13.6. The van der Waals surface area contributed by atoms with Gasteiger partial charge in [0.05, 0.1) is 26.2 Å². The van der Waals surface area contributed by atoms with Gasteiger partial charge in [0.2, 0.25) is 0 Å². The molecule has 0 radical (unpaired) electrons. The second-order valence-electron chi connectivity index (χ2n) is 8.32. The molecule has 3 aromatic carbocycles. The summed E-state index contributed by atoms with van der Waals surface area (Å²) in [6.45, 7) is 2.25. The Kier molecular flexibility index (Phi) is 9.16. The van der Waals surface area contributed by atoms with Crippen molar-refractivity contribution in [2.24, 2.45) is 0 Å². The predicted molar refractivity (Wildman–Crippen MR) is 134 cm³/mol. The van der Waals surface area contributed by atoms with Crippen LogP contribution < -0.4 is 10.1 Å². The molecule has 9 heteroatoms. The SMILES string of the molecule is CCN(Cc1cc(C(F)(F)F)ccc1-c1cc(CC(=O)OC)ccc1OC)C(=O)NCc1ccccc1. The molecule has 3 rings (SSSR count). The van der Waals surface area contributed by atoms with E-state index >= 15 is 0 Å². The van der Waals surface area contributed by atoms with E-state index in [1.165, 1.54) is 25.2 Å². The van der Waals surface area contributed by atoms with Gasteiger partial charge in [0.25, 0.3) is 0 Å². The summed E-state index contributed by atoms with van der Waals surface area (Å²) in [5.74, 6) is -0.0257. The van der Waals surface area contributed by atoms with Crippen molar-refractivity contribution in [3.63, 3.8) is 0 Å². The largest absolute Gasteiger partial charge is 0.496 e. The summed E-state index contributed by atoms with van der Waals surface area (Å²) in [5, 5.41) is 2.82. The first-order chi connectivity index (χ1) is 17.7. The fourth-order valence-electron chi connectivity index (χ4n) is 3.90. The third kappa shape index (κ3) is 7.25. The van der Waals surface area contributed by atoms with Gasteiger partial charge in [-0.1, -0.05) is 42.5 Å². The number of esters is 1. The number of urea groups is 1. The summed E-state index contributed by atoms with van der Waals surface area (Å²) in [7, 11) is 2.74. The second kappa shape index (κ2) is 12.3. The number of hydrogen-bond donors (Lipinski definition) is 1. The maximum Gasteiger partial charge on any atom is 0.416 e.